The highest BCUT2D eigenvalue weighted by atomic mass is 32.1. The predicted octanol–water partition coefficient (Wildman–Crippen LogP) is 5.59. The van der Waals surface area contributed by atoms with Crippen molar-refractivity contribution in [1.82, 2.24) is 9.88 Å². The van der Waals surface area contributed by atoms with Gasteiger partial charge in [-0.05, 0) is 61.4 Å². The average molecular weight is 460 g/mol. The minimum absolute atomic E-state index is 0.0367. The number of aromatic nitrogens is 1. The van der Waals surface area contributed by atoms with Crippen LogP contribution >= 0.6 is 11.3 Å². The summed E-state index contributed by atoms with van der Waals surface area (Å²) in [6, 6.07) is 21.3. The van der Waals surface area contributed by atoms with E-state index < -0.39 is 0 Å². The normalized spacial score (nSPS) is 14.4. The molecular formula is C26H22FN3O2S. The summed E-state index contributed by atoms with van der Waals surface area (Å²) in [6.45, 7) is 1.00. The predicted molar refractivity (Wildman–Crippen MR) is 129 cm³/mol. The molecule has 1 aliphatic heterocycles. The number of amides is 2. The van der Waals surface area contributed by atoms with E-state index >= 15 is 0 Å². The third kappa shape index (κ3) is 4.64. The van der Waals surface area contributed by atoms with E-state index in [1.165, 1.54) is 24.3 Å². The second-order valence-corrected chi connectivity index (χ2v) is 9.16. The quantitative estimate of drug-likeness (QED) is 0.433. The lowest BCUT2D eigenvalue weighted by Crippen LogP contribution is -2.41. The van der Waals surface area contributed by atoms with Crippen molar-refractivity contribution >= 4 is 39.1 Å². The molecule has 0 radical (unpaired) electrons. The number of nitrogens with one attached hydrogen (secondary N) is 1. The summed E-state index contributed by atoms with van der Waals surface area (Å²) >= 11 is 1.63. The van der Waals surface area contributed by atoms with Gasteiger partial charge in [-0.2, -0.15) is 0 Å². The molecule has 0 atom stereocenters. The summed E-state index contributed by atoms with van der Waals surface area (Å²) in [5, 5.41) is 3.95. The van der Waals surface area contributed by atoms with Gasteiger partial charge in [0.25, 0.3) is 5.91 Å². The smallest absolute Gasteiger partial charge is 0.253 e. The van der Waals surface area contributed by atoms with Crippen LogP contribution in [0.5, 0.6) is 0 Å². The minimum Gasteiger partial charge on any atom is -0.339 e. The zero-order valence-electron chi connectivity index (χ0n) is 17.8. The molecule has 3 aromatic carbocycles. The molecule has 0 aliphatic carbocycles. The van der Waals surface area contributed by atoms with E-state index in [1.54, 1.807) is 16.2 Å². The molecule has 4 aromatic rings. The van der Waals surface area contributed by atoms with Gasteiger partial charge in [0.2, 0.25) is 5.91 Å². The Balaban J connectivity index is 1.21. The van der Waals surface area contributed by atoms with E-state index in [0.717, 1.165) is 26.5 Å². The molecule has 5 nitrogen and oxygen atoms in total. The molecule has 7 heteroatoms. The Morgan fingerprint density at radius 2 is 1.73 bits per heavy atom. The van der Waals surface area contributed by atoms with E-state index in [9.17, 15) is 14.0 Å². The molecule has 1 fully saturated rings. The van der Waals surface area contributed by atoms with Gasteiger partial charge in [0, 0.05) is 35.8 Å². The Hall–Kier alpha value is -3.58. The maximum absolute atomic E-state index is 13.1. The zero-order chi connectivity index (χ0) is 22.8. The number of fused-ring (bicyclic) bond motifs is 1. The largest absolute Gasteiger partial charge is 0.339 e. The minimum atomic E-state index is -0.367. The Morgan fingerprint density at radius 3 is 2.48 bits per heavy atom. The first-order valence-corrected chi connectivity index (χ1v) is 11.7. The van der Waals surface area contributed by atoms with E-state index in [2.05, 4.69) is 11.4 Å². The first-order chi connectivity index (χ1) is 16.1. The van der Waals surface area contributed by atoms with Gasteiger partial charge in [-0.15, -0.1) is 11.3 Å². The Bertz CT molecular complexity index is 1280. The van der Waals surface area contributed by atoms with Gasteiger partial charge in [-0.1, -0.05) is 24.3 Å². The second kappa shape index (κ2) is 9.11. The molecule has 33 heavy (non-hydrogen) atoms. The Morgan fingerprint density at radius 1 is 0.970 bits per heavy atom. The summed E-state index contributed by atoms with van der Waals surface area (Å²) < 4.78 is 14.2. The number of para-hydroxylation sites is 1. The van der Waals surface area contributed by atoms with E-state index in [4.69, 9.17) is 4.98 Å². The number of likely N-dealkylation sites (tertiary alicyclic amines) is 1. The van der Waals surface area contributed by atoms with Gasteiger partial charge in [-0.3, -0.25) is 9.59 Å². The number of rotatable bonds is 4. The molecule has 0 spiro atoms. The number of hydrogen-bond donors (Lipinski definition) is 1. The van der Waals surface area contributed by atoms with Crippen LogP contribution in [0.4, 0.5) is 10.1 Å². The summed E-state index contributed by atoms with van der Waals surface area (Å²) in [7, 11) is 0. The maximum Gasteiger partial charge on any atom is 0.253 e. The van der Waals surface area contributed by atoms with Crippen molar-refractivity contribution in [3.63, 3.8) is 0 Å². The third-order valence-corrected chi connectivity index (χ3v) is 7.00. The Labute approximate surface area is 194 Å². The monoisotopic (exact) mass is 459 g/mol. The van der Waals surface area contributed by atoms with Crippen LogP contribution in [0.3, 0.4) is 0 Å². The van der Waals surface area contributed by atoms with Crippen LogP contribution in [-0.2, 0) is 4.79 Å². The third-order valence-electron chi connectivity index (χ3n) is 5.92. The van der Waals surface area contributed by atoms with Crippen LogP contribution < -0.4 is 5.32 Å². The van der Waals surface area contributed by atoms with Crippen LogP contribution in [-0.4, -0.2) is 34.8 Å². The van der Waals surface area contributed by atoms with E-state index in [0.29, 0.717) is 31.5 Å². The van der Waals surface area contributed by atoms with Crippen LogP contribution in [0.15, 0.2) is 72.8 Å². The van der Waals surface area contributed by atoms with Crippen LogP contribution in [0.25, 0.3) is 20.8 Å². The van der Waals surface area contributed by atoms with Crippen molar-refractivity contribution in [3.8, 4) is 10.6 Å². The van der Waals surface area contributed by atoms with Gasteiger partial charge in [0.1, 0.15) is 10.8 Å². The number of hydrogen-bond acceptors (Lipinski definition) is 4. The van der Waals surface area contributed by atoms with Crippen LogP contribution in [0, 0.1) is 11.7 Å². The summed E-state index contributed by atoms with van der Waals surface area (Å²) in [5.41, 5.74) is 3.13. The maximum atomic E-state index is 13.1. The lowest BCUT2D eigenvalue weighted by atomic mass is 9.95. The number of nitrogens with zero attached hydrogens (tertiary/aromatic N) is 2. The van der Waals surface area contributed by atoms with Gasteiger partial charge < -0.3 is 10.2 Å². The number of thiazole rings is 1. The molecule has 1 N–H and O–H groups in total. The fourth-order valence-electron chi connectivity index (χ4n) is 4.09. The van der Waals surface area contributed by atoms with Crippen molar-refractivity contribution in [2.75, 3.05) is 18.4 Å². The molecule has 2 heterocycles. The molecule has 0 bridgehead atoms. The molecular weight excluding hydrogens is 437 g/mol. The second-order valence-electron chi connectivity index (χ2n) is 8.13. The molecule has 5 rings (SSSR count). The number of halogens is 1. The van der Waals surface area contributed by atoms with Crippen LogP contribution in [0.2, 0.25) is 0 Å². The number of carbonyl (C=O) groups excluding carboxylic acids is 2. The fourth-order valence-corrected chi connectivity index (χ4v) is 5.05. The van der Waals surface area contributed by atoms with Crippen molar-refractivity contribution in [3.05, 3.63) is 84.2 Å². The number of anilines is 1. The van der Waals surface area contributed by atoms with Crippen molar-refractivity contribution in [2.24, 2.45) is 5.92 Å². The van der Waals surface area contributed by atoms with E-state index in [-0.39, 0.29) is 23.5 Å². The molecule has 1 aromatic heterocycles. The Kier molecular flexibility index (Phi) is 5.88. The molecule has 166 valence electrons. The number of carbonyl (C=O) groups is 2. The molecule has 0 unspecified atom stereocenters. The number of benzene rings is 3. The zero-order valence-corrected chi connectivity index (χ0v) is 18.6. The fraction of sp³-hybridized carbons (Fsp3) is 0.192. The van der Waals surface area contributed by atoms with Gasteiger partial charge in [0.05, 0.1) is 10.2 Å². The number of piperidine rings is 1. The van der Waals surface area contributed by atoms with Crippen molar-refractivity contribution < 1.29 is 14.0 Å². The van der Waals surface area contributed by atoms with Gasteiger partial charge in [0.15, 0.2) is 0 Å². The average Bonchev–Trinajstić information content (AvgIpc) is 3.29. The van der Waals surface area contributed by atoms with Crippen molar-refractivity contribution in [2.45, 2.75) is 12.8 Å². The molecule has 1 saturated heterocycles. The van der Waals surface area contributed by atoms with Gasteiger partial charge >= 0.3 is 0 Å². The highest BCUT2D eigenvalue weighted by molar-refractivity contribution is 7.21. The SMILES string of the molecule is O=C(Nc1cccc(-c2nc3ccccc3s2)c1)C1CCN(C(=O)c2ccc(F)cc2)CC1. The molecule has 0 saturated carbocycles. The van der Waals surface area contributed by atoms with E-state index in [1.807, 2.05) is 42.5 Å². The lowest BCUT2D eigenvalue weighted by molar-refractivity contribution is -0.121. The van der Waals surface area contributed by atoms with Crippen molar-refractivity contribution in [1.29, 1.82) is 0 Å². The van der Waals surface area contributed by atoms with Crippen LogP contribution in [0.1, 0.15) is 23.2 Å². The van der Waals surface area contributed by atoms with Gasteiger partial charge in [-0.25, -0.2) is 9.37 Å². The lowest BCUT2D eigenvalue weighted by Gasteiger charge is -2.31. The molecule has 2 amide bonds. The topological polar surface area (TPSA) is 62.3 Å². The molecule has 1 aliphatic rings. The summed E-state index contributed by atoms with van der Waals surface area (Å²) in [5.74, 6) is -0.690. The summed E-state index contributed by atoms with van der Waals surface area (Å²) in [6.07, 6.45) is 1.19. The standard InChI is InChI=1S/C26H22FN3O2S/c27-20-10-8-18(9-11-20)26(32)30-14-12-17(13-15-30)24(31)28-21-5-3-4-19(16-21)25-29-22-6-1-2-7-23(22)33-25/h1-11,16-17H,12-15H2,(H,28,31). The highest BCUT2D eigenvalue weighted by Gasteiger charge is 2.28. The highest BCUT2D eigenvalue weighted by Crippen LogP contribution is 2.31. The summed E-state index contributed by atoms with van der Waals surface area (Å²) in [4.78, 5) is 31.9. The first-order valence-electron chi connectivity index (χ1n) is 10.9. The first kappa shape index (κ1) is 21.3.